The van der Waals surface area contributed by atoms with Crippen LogP contribution in [0.25, 0.3) is 0 Å². The molecule has 1 saturated heterocycles. The number of nitro benzene ring substituents is 1. The predicted octanol–water partition coefficient (Wildman–Crippen LogP) is 3.46. The van der Waals surface area contributed by atoms with Crippen molar-refractivity contribution in [3.8, 4) is 0 Å². The molecule has 1 N–H and O–H groups in total. The van der Waals surface area contributed by atoms with Crippen LogP contribution in [-0.2, 0) is 14.3 Å². The van der Waals surface area contributed by atoms with E-state index >= 15 is 0 Å². The molecule has 2 amide bonds. The third kappa shape index (κ3) is 5.06. The van der Waals surface area contributed by atoms with Crippen LogP contribution in [0.15, 0.2) is 42.5 Å². The number of rotatable bonds is 6. The van der Waals surface area contributed by atoms with Crippen molar-refractivity contribution < 1.29 is 24.0 Å². The number of ether oxygens (including phenoxy) is 1. The highest BCUT2D eigenvalue weighted by molar-refractivity contribution is 6.03. The average molecular weight is 425 g/mol. The maximum absolute atomic E-state index is 12.6. The normalized spacial score (nSPS) is 15.8. The van der Waals surface area contributed by atoms with E-state index < -0.39 is 16.8 Å². The zero-order valence-electron chi connectivity index (χ0n) is 17.5. The zero-order valence-corrected chi connectivity index (χ0v) is 17.5. The number of carbonyl (C=O) groups is 3. The summed E-state index contributed by atoms with van der Waals surface area (Å²) in [5.41, 5.74) is 1.67. The molecule has 1 aliphatic heterocycles. The van der Waals surface area contributed by atoms with Crippen LogP contribution in [0.5, 0.6) is 0 Å². The molecule has 0 saturated carbocycles. The molecule has 1 heterocycles. The van der Waals surface area contributed by atoms with Crippen LogP contribution in [0.2, 0.25) is 0 Å². The number of amides is 2. The van der Waals surface area contributed by atoms with E-state index in [9.17, 15) is 24.5 Å². The summed E-state index contributed by atoms with van der Waals surface area (Å²) in [6, 6.07) is 10.9. The summed E-state index contributed by atoms with van der Waals surface area (Å²) in [5.74, 6) is -1.66. The maximum atomic E-state index is 12.6. The van der Waals surface area contributed by atoms with Gasteiger partial charge >= 0.3 is 5.97 Å². The monoisotopic (exact) mass is 425 g/mol. The Balaban J connectivity index is 1.66. The van der Waals surface area contributed by atoms with Gasteiger partial charge in [-0.05, 0) is 51.1 Å². The lowest BCUT2D eigenvalue weighted by molar-refractivity contribution is -0.385. The van der Waals surface area contributed by atoms with Gasteiger partial charge in [-0.15, -0.1) is 0 Å². The van der Waals surface area contributed by atoms with Gasteiger partial charge in [-0.3, -0.25) is 19.7 Å². The van der Waals surface area contributed by atoms with Crippen molar-refractivity contribution in [2.45, 2.75) is 33.3 Å². The van der Waals surface area contributed by atoms with Crippen LogP contribution in [-0.4, -0.2) is 35.4 Å². The van der Waals surface area contributed by atoms with Gasteiger partial charge in [0, 0.05) is 30.3 Å². The standard InChI is InChI=1S/C22H23N3O6/c1-13(2)31-22(28)15-5-7-17(8-6-15)23-21(27)16-10-20(26)24(12-16)18-9-4-14(3)19(11-18)25(29)30/h4-9,11,13,16H,10,12H2,1-3H3,(H,23,27)/t16-/m1/s1. The Morgan fingerprint density at radius 3 is 2.48 bits per heavy atom. The second-order valence-corrected chi connectivity index (χ2v) is 7.65. The summed E-state index contributed by atoms with van der Waals surface area (Å²) in [6.07, 6.45) is -0.226. The lowest BCUT2D eigenvalue weighted by Crippen LogP contribution is -2.28. The molecule has 2 aromatic carbocycles. The third-order valence-electron chi connectivity index (χ3n) is 4.93. The molecule has 0 aromatic heterocycles. The minimum Gasteiger partial charge on any atom is -0.459 e. The third-order valence-corrected chi connectivity index (χ3v) is 4.93. The Morgan fingerprint density at radius 2 is 1.87 bits per heavy atom. The molecule has 0 unspecified atom stereocenters. The van der Waals surface area contributed by atoms with E-state index in [1.54, 1.807) is 57.2 Å². The van der Waals surface area contributed by atoms with Crippen molar-refractivity contribution in [1.29, 1.82) is 0 Å². The molecule has 1 fully saturated rings. The van der Waals surface area contributed by atoms with E-state index in [4.69, 9.17) is 4.74 Å². The van der Waals surface area contributed by atoms with Crippen molar-refractivity contribution >= 4 is 34.8 Å². The van der Waals surface area contributed by atoms with Crippen LogP contribution in [0.1, 0.15) is 36.2 Å². The number of anilines is 2. The second kappa shape index (κ2) is 8.95. The van der Waals surface area contributed by atoms with Crippen molar-refractivity contribution in [3.63, 3.8) is 0 Å². The number of nitrogens with one attached hydrogen (secondary N) is 1. The minimum atomic E-state index is -0.599. The first kappa shape index (κ1) is 21.9. The average Bonchev–Trinajstić information content (AvgIpc) is 3.10. The Labute approximate surface area is 179 Å². The van der Waals surface area contributed by atoms with E-state index in [1.807, 2.05) is 0 Å². The van der Waals surface area contributed by atoms with Crippen LogP contribution in [0, 0.1) is 23.0 Å². The van der Waals surface area contributed by atoms with E-state index in [2.05, 4.69) is 5.32 Å². The number of esters is 1. The molecule has 1 atom stereocenters. The molecule has 9 heteroatoms. The first-order chi connectivity index (χ1) is 14.7. The number of hydrogen-bond donors (Lipinski definition) is 1. The Kier molecular flexibility index (Phi) is 6.33. The molecule has 0 radical (unpaired) electrons. The van der Waals surface area contributed by atoms with Crippen molar-refractivity contribution in [2.75, 3.05) is 16.8 Å². The highest BCUT2D eigenvalue weighted by atomic mass is 16.6. The van der Waals surface area contributed by atoms with Gasteiger partial charge in [-0.1, -0.05) is 6.07 Å². The van der Waals surface area contributed by atoms with Gasteiger partial charge in [-0.2, -0.15) is 0 Å². The van der Waals surface area contributed by atoms with E-state index in [1.165, 1.54) is 11.0 Å². The summed E-state index contributed by atoms with van der Waals surface area (Å²) < 4.78 is 5.12. The maximum Gasteiger partial charge on any atom is 0.338 e. The summed E-state index contributed by atoms with van der Waals surface area (Å²) >= 11 is 0. The number of hydrogen-bond acceptors (Lipinski definition) is 6. The van der Waals surface area contributed by atoms with Gasteiger partial charge in [0.15, 0.2) is 0 Å². The molecular formula is C22H23N3O6. The summed E-state index contributed by atoms with van der Waals surface area (Å²) in [6.45, 7) is 5.27. The largest absolute Gasteiger partial charge is 0.459 e. The molecule has 9 nitrogen and oxygen atoms in total. The number of aryl methyl sites for hydroxylation is 1. The van der Waals surface area contributed by atoms with Gasteiger partial charge in [-0.25, -0.2) is 4.79 Å². The van der Waals surface area contributed by atoms with Crippen molar-refractivity contribution in [3.05, 3.63) is 63.7 Å². The first-order valence-corrected chi connectivity index (χ1v) is 9.83. The van der Waals surface area contributed by atoms with Crippen LogP contribution in [0.3, 0.4) is 0 Å². The summed E-state index contributed by atoms with van der Waals surface area (Å²) in [7, 11) is 0. The van der Waals surface area contributed by atoms with E-state index in [-0.39, 0.29) is 36.6 Å². The second-order valence-electron chi connectivity index (χ2n) is 7.65. The van der Waals surface area contributed by atoms with Crippen molar-refractivity contribution in [2.24, 2.45) is 5.92 Å². The van der Waals surface area contributed by atoms with Gasteiger partial charge in [0.25, 0.3) is 5.69 Å². The highest BCUT2D eigenvalue weighted by Crippen LogP contribution is 2.30. The van der Waals surface area contributed by atoms with Crippen molar-refractivity contribution in [1.82, 2.24) is 0 Å². The lowest BCUT2D eigenvalue weighted by Gasteiger charge is -2.17. The molecule has 162 valence electrons. The van der Waals surface area contributed by atoms with Gasteiger partial charge < -0.3 is 15.0 Å². The molecule has 31 heavy (non-hydrogen) atoms. The fourth-order valence-corrected chi connectivity index (χ4v) is 3.31. The van der Waals surface area contributed by atoms with E-state index in [0.29, 0.717) is 22.5 Å². The predicted molar refractivity (Wildman–Crippen MR) is 114 cm³/mol. The van der Waals surface area contributed by atoms with Crippen LogP contribution in [0.4, 0.5) is 17.1 Å². The summed E-state index contributed by atoms with van der Waals surface area (Å²) in [4.78, 5) is 49.0. The van der Waals surface area contributed by atoms with Gasteiger partial charge in [0.05, 0.1) is 28.2 Å². The number of nitrogens with zero attached hydrogens (tertiary/aromatic N) is 2. The smallest absolute Gasteiger partial charge is 0.338 e. The molecule has 0 aliphatic carbocycles. The molecule has 0 bridgehead atoms. The molecule has 0 spiro atoms. The number of carbonyl (C=O) groups excluding carboxylic acids is 3. The zero-order chi connectivity index (χ0) is 22.7. The quantitative estimate of drug-likeness (QED) is 0.430. The van der Waals surface area contributed by atoms with Gasteiger partial charge in [0.1, 0.15) is 0 Å². The molecule has 2 aromatic rings. The van der Waals surface area contributed by atoms with Crippen LogP contribution < -0.4 is 10.2 Å². The highest BCUT2D eigenvalue weighted by Gasteiger charge is 2.35. The minimum absolute atomic E-state index is 0.00626. The van der Waals surface area contributed by atoms with E-state index in [0.717, 1.165) is 0 Å². The van der Waals surface area contributed by atoms with Crippen LogP contribution >= 0.6 is 0 Å². The molecule has 3 rings (SSSR count). The Morgan fingerprint density at radius 1 is 1.19 bits per heavy atom. The fraction of sp³-hybridized carbons (Fsp3) is 0.318. The Hall–Kier alpha value is -3.75. The molecule has 1 aliphatic rings. The topological polar surface area (TPSA) is 119 Å². The number of nitro groups is 1. The lowest BCUT2D eigenvalue weighted by atomic mass is 10.1. The summed E-state index contributed by atoms with van der Waals surface area (Å²) in [5, 5.41) is 13.9. The fourth-order valence-electron chi connectivity index (χ4n) is 3.31. The SMILES string of the molecule is Cc1ccc(N2C[C@H](C(=O)Nc3ccc(C(=O)OC(C)C)cc3)CC2=O)cc1[N+](=O)[O-]. The first-order valence-electron chi connectivity index (χ1n) is 9.83. The van der Waals surface area contributed by atoms with Gasteiger partial charge in [0.2, 0.25) is 11.8 Å². The molecular weight excluding hydrogens is 402 g/mol. The number of benzene rings is 2. The Bertz CT molecular complexity index is 1030.